The van der Waals surface area contributed by atoms with E-state index in [-0.39, 0.29) is 5.57 Å². The molecule has 2 aromatic carbocycles. The average molecular weight is 326 g/mol. The zero-order chi connectivity index (χ0) is 16.5. The summed E-state index contributed by atoms with van der Waals surface area (Å²) in [6, 6.07) is 18.8. The maximum absolute atomic E-state index is 12.0. The first-order valence-electron chi connectivity index (χ1n) is 7.10. The highest BCUT2D eigenvalue weighted by atomic mass is 35.5. The summed E-state index contributed by atoms with van der Waals surface area (Å²) in [6.07, 6.45) is 1.41. The highest BCUT2D eigenvalue weighted by Crippen LogP contribution is 2.14. The largest absolute Gasteiger partial charge is 0.386 e. The van der Waals surface area contributed by atoms with Crippen molar-refractivity contribution in [2.45, 2.75) is 13.1 Å². The van der Waals surface area contributed by atoms with Gasteiger partial charge in [0.2, 0.25) is 0 Å². The number of hydrogen-bond donors (Lipinski definition) is 2. The van der Waals surface area contributed by atoms with Crippen LogP contribution >= 0.6 is 11.6 Å². The lowest BCUT2D eigenvalue weighted by molar-refractivity contribution is -0.117. The number of nitriles is 1. The van der Waals surface area contributed by atoms with Crippen LogP contribution in [0.1, 0.15) is 11.1 Å². The number of rotatable bonds is 6. The van der Waals surface area contributed by atoms with Crippen LogP contribution in [0.3, 0.4) is 0 Å². The first kappa shape index (κ1) is 16.6. The summed E-state index contributed by atoms with van der Waals surface area (Å²) in [5, 5.41) is 15.4. The normalized spacial score (nSPS) is 10.7. The van der Waals surface area contributed by atoms with Crippen LogP contribution in [0.4, 0.5) is 0 Å². The molecule has 0 bridgehead atoms. The lowest BCUT2D eigenvalue weighted by atomic mass is 10.2. The number of halogens is 1. The van der Waals surface area contributed by atoms with Crippen LogP contribution in [0.15, 0.2) is 66.4 Å². The van der Waals surface area contributed by atoms with E-state index in [0.29, 0.717) is 18.1 Å². The molecule has 0 heterocycles. The van der Waals surface area contributed by atoms with E-state index in [2.05, 4.69) is 10.6 Å². The maximum Gasteiger partial charge on any atom is 0.263 e. The first-order chi connectivity index (χ1) is 11.2. The van der Waals surface area contributed by atoms with Crippen LogP contribution in [-0.4, -0.2) is 5.91 Å². The van der Waals surface area contributed by atoms with Gasteiger partial charge in [0.25, 0.3) is 5.91 Å². The van der Waals surface area contributed by atoms with E-state index >= 15 is 0 Å². The van der Waals surface area contributed by atoms with Gasteiger partial charge in [0, 0.05) is 24.3 Å². The molecule has 4 nitrogen and oxygen atoms in total. The smallest absolute Gasteiger partial charge is 0.263 e. The van der Waals surface area contributed by atoms with Crippen molar-refractivity contribution < 1.29 is 4.79 Å². The van der Waals surface area contributed by atoms with Crippen molar-refractivity contribution in [3.8, 4) is 6.07 Å². The van der Waals surface area contributed by atoms with Gasteiger partial charge in [-0.1, -0.05) is 60.1 Å². The van der Waals surface area contributed by atoms with Gasteiger partial charge >= 0.3 is 0 Å². The molecule has 0 radical (unpaired) electrons. The molecule has 0 unspecified atom stereocenters. The van der Waals surface area contributed by atoms with Gasteiger partial charge in [-0.05, 0) is 17.2 Å². The summed E-state index contributed by atoms with van der Waals surface area (Å²) in [7, 11) is 0. The SMILES string of the molecule is N#C/C(=C/NCc1ccccc1Cl)C(=O)NCc1ccccc1. The monoisotopic (exact) mass is 325 g/mol. The van der Waals surface area contributed by atoms with E-state index in [1.807, 2.05) is 54.6 Å². The van der Waals surface area contributed by atoms with Crippen LogP contribution in [0, 0.1) is 11.3 Å². The fraction of sp³-hybridized carbons (Fsp3) is 0.111. The Morgan fingerprint density at radius 3 is 2.48 bits per heavy atom. The van der Waals surface area contributed by atoms with Crippen molar-refractivity contribution in [2.75, 3.05) is 0 Å². The quantitative estimate of drug-likeness (QED) is 0.633. The van der Waals surface area contributed by atoms with Gasteiger partial charge in [-0.15, -0.1) is 0 Å². The summed E-state index contributed by atoms with van der Waals surface area (Å²) >= 11 is 6.05. The average Bonchev–Trinajstić information content (AvgIpc) is 2.59. The second-order valence-corrected chi connectivity index (χ2v) is 5.22. The lowest BCUT2D eigenvalue weighted by Crippen LogP contribution is -2.25. The summed E-state index contributed by atoms with van der Waals surface area (Å²) in [6.45, 7) is 0.819. The molecule has 0 spiro atoms. The Hall–Kier alpha value is -2.77. The molecule has 2 rings (SSSR count). The summed E-state index contributed by atoms with van der Waals surface area (Å²) in [4.78, 5) is 12.0. The second-order valence-electron chi connectivity index (χ2n) is 4.81. The molecule has 0 aliphatic heterocycles. The molecule has 0 fully saturated rings. The molecule has 0 saturated heterocycles. The van der Waals surface area contributed by atoms with Crippen LogP contribution in [0.25, 0.3) is 0 Å². The Morgan fingerprint density at radius 1 is 1.09 bits per heavy atom. The molecular weight excluding hydrogens is 310 g/mol. The number of hydrogen-bond acceptors (Lipinski definition) is 3. The number of amides is 1. The van der Waals surface area contributed by atoms with Gasteiger partial charge in [-0.25, -0.2) is 0 Å². The standard InChI is InChI=1S/C18H16ClN3O/c19-17-9-5-4-8-15(17)12-21-13-16(10-20)18(23)22-11-14-6-2-1-3-7-14/h1-9,13,21H,11-12H2,(H,22,23)/b16-13-. The second kappa shape index (κ2) is 8.62. The minimum Gasteiger partial charge on any atom is -0.386 e. The Labute approximate surface area is 140 Å². The van der Waals surface area contributed by atoms with Crippen molar-refractivity contribution in [3.05, 3.63) is 82.5 Å². The third-order valence-electron chi connectivity index (χ3n) is 3.16. The molecule has 2 N–H and O–H groups in total. The zero-order valence-corrected chi connectivity index (χ0v) is 13.2. The number of carbonyl (C=O) groups is 1. The van der Waals surface area contributed by atoms with Gasteiger partial charge < -0.3 is 10.6 Å². The highest BCUT2D eigenvalue weighted by molar-refractivity contribution is 6.31. The van der Waals surface area contributed by atoms with Gasteiger partial charge in [-0.2, -0.15) is 5.26 Å². The molecule has 0 aliphatic carbocycles. The van der Waals surface area contributed by atoms with Gasteiger partial charge in [-0.3, -0.25) is 4.79 Å². The van der Waals surface area contributed by atoms with Crippen LogP contribution in [0.2, 0.25) is 5.02 Å². The van der Waals surface area contributed by atoms with Gasteiger partial charge in [0.05, 0.1) is 0 Å². The van der Waals surface area contributed by atoms with Crippen molar-refractivity contribution in [1.29, 1.82) is 5.26 Å². The van der Waals surface area contributed by atoms with E-state index in [4.69, 9.17) is 16.9 Å². The van der Waals surface area contributed by atoms with Crippen molar-refractivity contribution >= 4 is 17.5 Å². The van der Waals surface area contributed by atoms with Gasteiger partial charge in [0.15, 0.2) is 0 Å². The van der Waals surface area contributed by atoms with Crippen molar-refractivity contribution in [1.82, 2.24) is 10.6 Å². The minimum absolute atomic E-state index is 0.0213. The van der Waals surface area contributed by atoms with E-state index in [1.165, 1.54) is 6.20 Å². The molecule has 1 amide bonds. The zero-order valence-electron chi connectivity index (χ0n) is 12.4. The topological polar surface area (TPSA) is 64.9 Å². The summed E-state index contributed by atoms with van der Waals surface area (Å²) < 4.78 is 0. The third-order valence-corrected chi connectivity index (χ3v) is 3.53. The fourth-order valence-electron chi connectivity index (χ4n) is 1.93. The molecule has 0 saturated carbocycles. The van der Waals surface area contributed by atoms with E-state index < -0.39 is 5.91 Å². The Bertz CT molecular complexity index is 735. The van der Waals surface area contributed by atoms with E-state index in [1.54, 1.807) is 6.07 Å². The Balaban J connectivity index is 1.89. The predicted molar refractivity (Wildman–Crippen MR) is 90.3 cm³/mol. The third kappa shape index (κ3) is 5.17. The molecule has 0 aromatic heterocycles. The Morgan fingerprint density at radius 2 is 1.78 bits per heavy atom. The van der Waals surface area contributed by atoms with Crippen LogP contribution in [-0.2, 0) is 17.9 Å². The van der Waals surface area contributed by atoms with Crippen LogP contribution < -0.4 is 10.6 Å². The van der Waals surface area contributed by atoms with Crippen LogP contribution in [0.5, 0.6) is 0 Å². The fourth-order valence-corrected chi connectivity index (χ4v) is 2.13. The van der Waals surface area contributed by atoms with Crippen molar-refractivity contribution in [2.24, 2.45) is 0 Å². The molecule has 23 heavy (non-hydrogen) atoms. The summed E-state index contributed by atoms with van der Waals surface area (Å²) in [5.41, 5.74) is 1.89. The first-order valence-corrected chi connectivity index (χ1v) is 7.47. The molecule has 5 heteroatoms. The highest BCUT2D eigenvalue weighted by Gasteiger charge is 2.08. The minimum atomic E-state index is -0.414. The van der Waals surface area contributed by atoms with Crippen molar-refractivity contribution in [3.63, 3.8) is 0 Å². The maximum atomic E-state index is 12.0. The van der Waals surface area contributed by atoms with Gasteiger partial charge in [0.1, 0.15) is 11.6 Å². The molecule has 0 atom stereocenters. The number of carbonyl (C=O) groups excluding carboxylic acids is 1. The lowest BCUT2D eigenvalue weighted by Gasteiger charge is -2.06. The number of nitrogens with zero attached hydrogens (tertiary/aromatic N) is 1. The number of nitrogens with one attached hydrogen (secondary N) is 2. The summed E-state index contributed by atoms with van der Waals surface area (Å²) in [5.74, 6) is -0.414. The molecule has 116 valence electrons. The molecular formula is C18H16ClN3O. The predicted octanol–water partition coefficient (Wildman–Crippen LogP) is 3.15. The molecule has 0 aliphatic rings. The van der Waals surface area contributed by atoms with E-state index in [0.717, 1.165) is 11.1 Å². The molecule has 2 aromatic rings. The number of benzene rings is 2. The van der Waals surface area contributed by atoms with E-state index in [9.17, 15) is 4.79 Å². The Kier molecular flexibility index (Phi) is 6.22.